The van der Waals surface area contributed by atoms with Gasteiger partial charge < -0.3 is 4.74 Å². The predicted octanol–water partition coefficient (Wildman–Crippen LogP) is 3.13. The number of carbonyl (C=O) groups excluding carboxylic acids is 2. The first kappa shape index (κ1) is 17.7. The van der Waals surface area contributed by atoms with Gasteiger partial charge in [-0.1, -0.05) is 30.3 Å². The van der Waals surface area contributed by atoms with Gasteiger partial charge in [-0.05, 0) is 31.0 Å². The van der Waals surface area contributed by atoms with Crippen LogP contribution in [0.3, 0.4) is 0 Å². The number of ether oxygens (including phenoxy) is 1. The summed E-state index contributed by atoms with van der Waals surface area (Å²) in [5, 5.41) is 0. The third kappa shape index (κ3) is 3.32. The minimum Gasteiger partial charge on any atom is -0.495 e. The minimum absolute atomic E-state index is 0.0990. The second kappa shape index (κ2) is 7.12. The van der Waals surface area contributed by atoms with Gasteiger partial charge in [-0.3, -0.25) is 14.5 Å². The van der Waals surface area contributed by atoms with E-state index in [1.165, 1.54) is 18.1 Å². The highest BCUT2D eigenvalue weighted by Crippen LogP contribution is 2.37. The van der Waals surface area contributed by atoms with Gasteiger partial charge >= 0.3 is 0 Å². The van der Waals surface area contributed by atoms with Gasteiger partial charge in [0.2, 0.25) is 5.91 Å². The largest absolute Gasteiger partial charge is 0.495 e. The summed E-state index contributed by atoms with van der Waals surface area (Å²) in [4.78, 5) is 29.0. The Labute approximate surface area is 157 Å². The monoisotopic (exact) mass is 368 g/mol. The third-order valence-electron chi connectivity index (χ3n) is 5.18. The molecule has 6 heteroatoms. The molecule has 140 valence electrons. The Morgan fingerprint density at radius 1 is 1.11 bits per heavy atom. The van der Waals surface area contributed by atoms with Crippen LogP contribution in [0.4, 0.5) is 10.1 Å². The van der Waals surface area contributed by atoms with Gasteiger partial charge in [0.25, 0.3) is 5.91 Å². The van der Waals surface area contributed by atoms with Crippen molar-refractivity contribution in [2.75, 3.05) is 12.0 Å². The summed E-state index contributed by atoms with van der Waals surface area (Å²) in [7, 11) is 1.51. The van der Waals surface area contributed by atoms with Crippen LogP contribution in [0.15, 0.2) is 48.5 Å². The molecular weight excluding hydrogens is 347 g/mol. The molecule has 2 aromatic carbocycles. The Balaban J connectivity index is 1.62. The number of rotatable bonds is 6. The lowest BCUT2D eigenvalue weighted by atomic mass is 10.1. The van der Waals surface area contributed by atoms with Crippen LogP contribution >= 0.6 is 0 Å². The van der Waals surface area contributed by atoms with Crippen LogP contribution in [0, 0.1) is 5.82 Å². The molecule has 2 fully saturated rings. The number of methoxy groups -OCH3 is 1. The number of benzene rings is 2. The van der Waals surface area contributed by atoms with Gasteiger partial charge in [0.15, 0.2) is 0 Å². The van der Waals surface area contributed by atoms with Gasteiger partial charge in [-0.2, -0.15) is 0 Å². The van der Waals surface area contributed by atoms with Crippen molar-refractivity contribution in [1.82, 2.24) is 4.90 Å². The second-order valence-corrected chi connectivity index (χ2v) is 6.95. The van der Waals surface area contributed by atoms with Crippen molar-refractivity contribution in [2.24, 2.45) is 0 Å². The van der Waals surface area contributed by atoms with Crippen molar-refractivity contribution in [3.63, 3.8) is 0 Å². The van der Waals surface area contributed by atoms with Gasteiger partial charge in [0.1, 0.15) is 11.6 Å². The Hall–Kier alpha value is -2.73. The Kier molecular flexibility index (Phi) is 4.66. The van der Waals surface area contributed by atoms with Gasteiger partial charge in [-0.15, -0.1) is 0 Å². The maximum absolute atomic E-state index is 14.1. The number of amides is 2. The molecule has 0 aromatic heterocycles. The van der Waals surface area contributed by atoms with Crippen LogP contribution in [-0.4, -0.2) is 35.9 Å². The van der Waals surface area contributed by atoms with Crippen molar-refractivity contribution in [3.05, 3.63) is 59.9 Å². The standard InChI is InChI=1S/C21H21FN2O3/c1-27-19-9-5-4-8-17(19)24-20(25)12-18(21(24)26)23(15-10-11-15)13-14-6-2-3-7-16(14)22/h2-9,15,18H,10-13H2,1H3/t18-/m0/s1. The molecule has 2 aromatic rings. The van der Waals surface area contributed by atoms with Gasteiger partial charge in [-0.25, -0.2) is 9.29 Å². The number of halogens is 1. The molecule has 2 aliphatic rings. The fraction of sp³-hybridized carbons (Fsp3) is 0.333. The smallest absolute Gasteiger partial charge is 0.251 e. The average molecular weight is 368 g/mol. The van der Waals surface area contributed by atoms with Crippen LogP contribution in [0.2, 0.25) is 0 Å². The van der Waals surface area contributed by atoms with Crippen molar-refractivity contribution < 1.29 is 18.7 Å². The van der Waals surface area contributed by atoms with Crippen LogP contribution in [0.1, 0.15) is 24.8 Å². The molecule has 1 atom stereocenters. The molecule has 1 saturated carbocycles. The Morgan fingerprint density at radius 2 is 1.81 bits per heavy atom. The lowest BCUT2D eigenvalue weighted by Crippen LogP contribution is -2.43. The van der Waals surface area contributed by atoms with Crippen molar-refractivity contribution in [3.8, 4) is 5.75 Å². The molecular formula is C21H21FN2O3. The van der Waals surface area contributed by atoms with Crippen molar-refractivity contribution in [2.45, 2.75) is 37.9 Å². The van der Waals surface area contributed by atoms with Crippen molar-refractivity contribution in [1.29, 1.82) is 0 Å². The van der Waals surface area contributed by atoms with Gasteiger partial charge in [0, 0.05) is 18.2 Å². The zero-order valence-corrected chi connectivity index (χ0v) is 15.1. The van der Waals surface area contributed by atoms with Crippen LogP contribution in [0.25, 0.3) is 0 Å². The molecule has 0 bridgehead atoms. The first-order valence-corrected chi connectivity index (χ1v) is 9.09. The summed E-state index contributed by atoms with van der Waals surface area (Å²) in [5.41, 5.74) is 1.000. The maximum atomic E-state index is 14.1. The van der Waals surface area contributed by atoms with Crippen LogP contribution < -0.4 is 9.64 Å². The molecule has 1 saturated heterocycles. The summed E-state index contributed by atoms with van der Waals surface area (Å²) in [6.45, 7) is 0.320. The highest BCUT2D eigenvalue weighted by atomic mass is 19.1. The van der Waals surface area contributed by atoms with Crippen LogP contribution in [-0.2, 0) is 16.1 Å². The first-order chi connectivity index (χ1) is 13.1. The average Bonchev–Trinajstić information content (AvgIpc) is 3.47. The van der Waals surface area contributed by atoms with E-state index in [9.17, 15) is 14.0 Å². The number of para-hydroxylation sites is 2. The number of hydrogen-bond acceptors (Lipinski definition) is 4. The summed E-state index contributed by atoms with van der Waals surface area (Å²) in [6.07, 6.45) is 2.02. The summed E-state index contributed by atoms with van der Waals surface area (Å²) >= 11 is 0. The molecule has 0 unspecified atom stereocenters. The lowest BCUT2D eigenvalue weighted by Gasteiger charge is -2.27. The van der Waals surface area contributed by atoms with E-state index in [1.807, 2.05) is 4.90 Å². The molecule has 1 aliphatic heterocycles. The first-order valence-electron chi connectivity index (χ1n) is 9.09. The maximum Gasteiger partial charge on any atom is 0.251 e. The zero-order chi connectivity index (χ0) is 19.0. The second-order valence-electron chi connectivity index (χ2n) is 6.95. The topological polar surface area (TPSA) is 49.9 Å². The molecule has 0 spiro atoms. The van der Waals surface area contributed by atoms with E-state index in [-0.39, 0.29) is 30.1 Å². The van der Waals surface area contributed by atoms with E-state index in [1.54, 1.807) is 42.5 Å². The molecule has 27 heavy (non-hydrogen) atoms. The summed E-state index contributed by atoms with van der Waals surface area (Å²) < 4.78 is 19.4. The molecule has 4 rings (SSSR count). The zero-order valence-electron chi connectivity index (χ0n) is 15.1. The van der Waals surface area contributed by atoms with E-state index in [0.717, 1.165) is 12.8 Å². The number of anilines is 1. The number of imide groups is 1. The van der Waals surface area contributed by atoms with Crippen molar-refractivity contribution >= 4 is 17.5 Å². The number of carbonyl (C=O) groups is 2. The summed E-state index contributed by atoms with van der Waals surface area (Å²) in [6, 6.07) is 13.2. The summed E-state index contributed by atoms with van der Waals surface area (Å²) in [5.74, 6) is -0.338. The van der Waals surface area contributed by atoms with Crippen LogP contribution in [0.5, 0.6) is 5.75 Å². The highest BCUT2D eigenvalue weighted by Gasteiger charge is 2.47. The molecule has 0 N–H and O–H groups in total. The van der Waals surface area contributed by atoms with E-state index in [0.29, 0.717) is 23.5 Å². The highest BCUT2D eigenvalue weighted by molar-refractivity contribution is 6.23. The molecule has 0 radical (unpaired) electrons. The third-order valence-corrected chi connectivity index (χ3v) is 5.18. The quantitative estimate of drug-likeness (QED) is 0.735. The van der Waals surface area contributed by atoms with E-state index in [2.05, 4.69) is 0 Å². The van der Waals surface area contributed by atoms with E-state index >= 15 is 0 Å². The molecule has 1 heterocycles. The fourth-order valence-electron chi connectivity index (χ4n) is 3.67. The molecule has 2 amide bonds. The Morgan fingerprint density at radius 3 is 2.52 bits per heavy atom. The number of hydrogen-bond donors (Lipinski definition) is 0. The van der Waals surface area contributed by atoms with E-state index < -0.39 is 6.04 Å². The molecule has 5 nitrogen and oxygen atoms in total. The lowest BCUT2D eigenvalue weighted by molar-refractivity contribution is -0.123. The van der Waals surface area contributed by atoms with E-state index in [4.69, 9.17) is 4.74 Å². The Bertz CT molecular complexity index is 881. The number of nitrogens with zero attached hydrogens (tertiary/aromatic N) is 2. The van der Waals surface area contributed by atoms with Gasteiger partial charge in [0.05, 0.1) is 25.3 Å². The SMILES string of the molecule is COc1ccccc1N1C(=O)C[C@H](N(Cc2ccccc2F)C2CC2)C1=O. The molecule has 1 aliphatic carbocycles. The fourth-order valence-corrected chi connectivity index (χ4v) is 3.67. The minimum atomic E-state index is -0.575. The predicted molar refractivity (Wildman–Crippen MR) is 98.9 cm³/mol. The normalized spacial score (nSPS) is 19.8.